The van der Waals surface area contributed by atoms with Crippen LogP contribution in [0.2, 0.25) is 0 Å². The molecule has 6 nitrogen and oxygen atoms in total. The molecule has 0 bridgehead atoms. The quantitative estimate of drug-likeness (QED) is 0.0199. The van der Waals surface area contributed by atoms with Crippen molar-refractivity contribution in [2.45, 2.75) is 271 Å². The molecule has 0 aliphatic carbocycles. The van der Waals surface area contributed by atoms with E-state index in [1.165, 1.54) is 148 Å². The third kappa shape index (κ3) is 48.3. The van der Waals surface area contributed by atoms with E-state index in [1.54, 1.807) is 0 Å². The third-order valence-corrected chi connectivity index (χ3v) is 11.4. The van der Waals surface area contributed by atoms with Gasteiger partial charge in [-0.2, -0.15) is 0 Å². The summed E-state index contributed by atoms with van der Waals surface area (Å²) in [7, 11) is 0. The van der Waals surface area contributed by atoms with Crippen molar-refractivity contribution in [3.63, 3.8) is 0 Å². The molecule has 0 saturated heterocycles. The largest absolute Gasteiger partial charge is 0.462 e. The van der Waals surface area contributed by atoms with Crippen LogP contribution in [0.15, 0.2) is 48.6 Å². The van der Waals surface area contributed by atoms with Crippen LogP contribution in [-0.4, -0.2) is 37.2 Å². The molecule has 61 heavy (non-hydrogen) atoms. The number of ether oxygens (including phenoxy) is 3. The predicted molar refractivity (Wildman–Crippen MR) is 261 cm³/mol. The van der Waals surface area contributed by atoms with Crippen molar-refractivity contribution in [2.75, 3.05) is 13.2 Å². The zero-order valence-corrected chi connectivity index (χ0v) is 40.4. The Morgan fingerprint density at radius 2 is 0.656 bits per heavy atom. The van der Waals surface area contributed by atoms with Gasteiger partial charge < -0.3 is 14.2 Å². The highest BCUT2D eigenvalue weighted by atomic mass is 16.6. The molecule has 0 fully saturated rings. The maximum absolute atomic E-state index is 12.8. The molecule has 0 aromatic heterocycles. The fraction of sp³-hybridized carbons (Fsp3) is 0.800. The van der Waals surface area contributed by atoms with Gasteiger partial charge >= 0.3 is 17.9 Å². The number of hydrogen-bond donors (Lipinski definition) is 0. The van der Waals surface area contributed by atoms with Gasteiger partial charge in [0.05, 0.1) is 0 Å². The number of carbonyl (C=O) groups is 3. The van der Waals surface area contributed by atoms with Crippen LogP contribution in [0.3, 0.4) is 0 Å². The Bertz CT molecular complexity index is 1070. The first-order chi connectivity index (χ1) is 30.0. The van der Waals surface area contributed by atoms with Crippen LogP contribution in [0.25, 0.3) is 0 Å². The van der Waals surface area contributed by atoms with Crippen molar-refractivity contribution in [1.29, 1.82) is 0 Å². The lowest BCUT2D eigenvalue weighted by Crippen LogP contribution is -2.30. The van der Waals surface area contributed by atoms with Gasteiger partial charge in [0.2, 0.25) is 0 Å². The Kier molecular flexibility index (Phi) is 47.9. The molecular weight excluding hydrogens is 757 g/mol. The molecule has 6 heteroatoms. The van der Waals surface area contributed by atoms with E-state index in [-0.39, 0.29) is 31.1 Å². The highest BCUT2D eigenvalue weighted by Gasteiger charge is 2.19. The maximum atomic E-state index is 12.8. The van der Waals surface area contributed by atoms with Crippen LogP contribution in [0.1, 0.15) is 265 Å². The van der Waals surface area contributed by atoms with E-state index >= 15 is 0 Å². The second-order valence-electron chi connectivity index (χ2n) is 17.5. The number of rotatable bonds is 47. The molecule has 0 radical (unpaired) electrons. The van der Waals surface area contributed by atoms with Gasteiger partial charge in [-0.25, -0.2) is 0 Å². The molecule has 0 amide bonds. The van der Waals surface area contributed by atoms with E-state index in [0.717, 1.165) is 77.0 Å². The Balaban J connectivity index is 4.38. The summed E-state index contributed by atoms with van der Waals surface area (Å²) in [6.07, 6.45) is 59.5. The molecule has 0 aliphatic heterocycles. The molecule has 0 spiro atoms. The minimum atomic E-state index is -0.779. The fourth-order valence-corrected chi connectivity index (χ4v) is 7.44. The highest BCUT2D eigenvalue weighted by Crippen LogP contribution is 2.15. The molecule has 0 N–H and O–H groups in total. The summed E-state index contributed by atoms with van der Waals surface area (Å²) in [5, 5.41) is 0. The topological polar surface area (TPSA) is 78.9 Å². The highest BCUT2D eigenvalue weighted by molar-refractivity contribution is 5.71. The van der Waals surface area contributed by atoms with Crippen molar-refractivity contribution >= 4 is 17.9 Å². The van der Waals surface area contributed by atoms with Crippen molar-refractivity contribution < 1.29 is 28.6 Å². The van der Waals surface area contributed by atoms with Crippen LogP contribution in [0.5, 0.6) is 0 Å². The molecular formula is C55H98O6. The summed E-state index contributed by atoms with van der Waals surface area (Å²) in [5.74, 6) is -0.891. The number of esters is 3. The van der Waals surface area contributed by atoms with E-state index in [2.05, 4.69) is 69.4 Å². The zero-order valence-electron chi connectivity index (χ0n) is 40.4. The molecule has 1 unspecified atom stereocenters. The van der Waals surface area contributed by atoms with Crippen LogP contribution in [-0.2, 0) is 28.6 Å². The SMILES string of the molecule is CC\C=C/C=C\C=C/CCCCCCCCCC(=O)OC(COC(=O)CCCCCCC/C=C\CCCCCCCCC)COC(=O)CCCCCCCCCCCCCC. The van der Waals surface area contributed by atoms with Crippen molar-refractivity contribution in [3.8, 4) is 0 Å². The molecule has 0 rings (SSSR count). The van der Waals surface area contributed by atoms with E-state index in [0.29, 0.717) is 19.3 Å². The minimum absolute atomic E-state index is 0.0784. The summed E-state index contributed by atoms with van der Waals surface area (Å²) < 4.78 is 16.8. The Hall–Kier alpha value is -2.63. The van der Waals surface area contributed by atoms with Gasteiger partial charge in [-0.3, -0.25) is 14.4 Å². The number of carbonyl (C=O) groups excluding carboxylic acids is 3. The second kappa shape index (κ2) is 50.0. The molecule has 0 heterocycles. The molecule has 0 aromatic rings. The van der Waals surface area contributed by atoms with Crippen molar-refractivity contribution in [1.82, 2.24) is 0 Å². The van der Waals surface area contributed by atoms with Crippen LogP contribution in [0.4, 0.5) is 0 Å². The average molecular weight is 855 g/mol. The van der Waals surface area contributed by atoms with Crippen molar-refractivity contribution in [2.24, 2.45) is 0 Å². The monoisotopic (exact) mass is 855 g/mol. The summed E-state index contributed by atoms with van der Waals surface area (Å²) in [6, 6.07) is 0. The van der Waals surface area contributed by atoms with Crippen molar-refractivity contribution in [3.05, 3.63) is 48.6 Å². The zero-order chi connectivity index (χ0) is 44.4. The number of unbranched alkanes of at least 4 members (excludes halogenated alkanes) is 30. The first kappa shape index (κ1) is 58.4. The average Bonchev–Trinajstić information content (AvgIpc) is 3.26. The first-order valence-corrected chi connectivity index (χ1v) is 26.2. The fourth-order valence-electron chi connectivity index (χ4n) is 7.44. The summed E-state index contributed by atoms with van der Waals surface area (Å²) >= 11 is 0. The molecule has 0 aromatic carbocycles. The summed E-state index contributed by atoms with van der Waals surface area (Å²) in [6.45, 7) is 6.50. The van der Waals surface area contributed by atoms with E-state index in [4.69, 9.17) is 14.2 Å². The molecule has 354 valence electrons. The standard InChI is InChI=1S/C55H98O6/c1-4-7-10-13-16-19-22-25-27-29-30-33-36-39-42-45-48-54(57)60-51-52(50-59-53(56)47-44-41-38-35-32-24-21-18-15-12-9-6-3)61-55(58)49-46-43-40-37-34-31-28-26-23-20-17-14-11-8-5-2/h8,11,14,17,20,23,27,29,52H,4-7,9-10,12-13,15-16,18-19,21-22,24-26,28,30-51H2,1-3H3/b11-8-,17-14-,23-20-,29-27-. The van der Waals surface area contributed by atoms with Crippen LogP contribution in [0, 0.1) is 0 Å². The van der Waals surface area contributed by atoms with Crippen LogP contribution < -0.4 is 0 Å². The Labute approximate surface area is 378 Å². The van der Waals surface area contributed by atoms with Crippen LogP contribution >= 0.6 is 0 Å². The van der Waals surface area contributed by atoms with E-state index < -0.39 is 6.10 Å². The van der Waals surface area contributed by atoms with Gasteiger partial charge in [0, 0.05) is 19.3 Å². The lowest BCUT2D eigenvalue weighted by Gasteiger charge is -2.18. The van der Waals surface area contributed by atoms with Gasteiger partial charge in [-0.15, -0.1) is 0 Å². The number of allylic oxidation sites excluding steroid dienone is 8. The third-order valence-electron chi connectivity index (χ3n) is 11.4. The normalized spacial score (nSPS) is 12.4. The molecule has 0 saturated carbocycles. The second-order valence-corrected chi connectivity index (χ2v) is 17.5. The van der Waals surface area contributed by atoms with Gasteiger partial charge in [0.15, 0.2) is 6.10 Å². The van der Waals surface area contributed by atoms with Gasteiger partial charge in [0.1, 0.15) is 13.2 Å². The lowest BCUT2D eigenvalue weighted by molar-refractivity contribution is -0.167. The van der Waals surface area contributed by atoms with E-state index in [1.807, 2.05) is 0 Å². The van der Waals surface area contributed by atoms with Gasteiger partial charge in [-0.05, 0) is 64.2 Å². The predicted octanol–water partition coefficient (Wildman–Crippen LogP) is 17.1. The minimum Gasteiger partial charge on any atom is -0.462 e. The summed E-state index contributed by atoms with van der Waals surface area (Å²) in [5.41, 5.74) is 0. The molecule has 1 atom stereocenters. The lowest BCUT2D eigenvalue weighted by atomic mass is 10.0. The number of hydrogen-bond acceptors (Lipinski definition) is 6. The Morgan fingerprint density at radius 3 is 1.03 bits per heavy atom. The Morgan fingerprint density at radius 1 is 0.344 bits per heavy atom. The molecule has 0 aliphatic rings. The van der Waals surface area contributed by atoms with Gasteiger partial charge in [-0.1, -0.05) is 230 Å². The summed E-state index contributed by atoms with van der Waals surface area (Å²) in [4.78, 5) is 38.0. The van der Waals surface area contributed by atoms with Gasteiger partial charge in [0.25, 0.3) is 0 Å². The smallest absolute Gasteiger partial charge is 0.306 e. The van der Waals surface area contributed by atoms with E-state index in [9.17, 15) is 14.4 Å². The maximum Gasteiger partial charge on any atom is 0.306 e. The first-order valence-electron chi connectivity index (χ1n) is 26.2.